The number of anilines is 1. The molecule has 0 fully saturated rings. The summed E-state index contributed by atoms with van der Waals surface area (Å²) >= 11 is 0. The van der Waals surface area contributed by atoms with E-state index in [-0.39, 0.29) is 29.0 Å². The highest BCUT2D eigenvalue weighted by Crippen LogP contribution is 2.24. The van der Waals surface area contributed by atoms with Gasteiger partial charge in [0.15, 0.2) is 0 Å². The van der Waals surface area contributed by atoms with Crippen molar-refractivity contribution in [2.75, 3.05) is 18.9 Å². The summed E-state index contributed by atoms with van der Waals surface area (Å²) in [4.78, 5) is 36.1. The summed E-state index contributed by atoms with van der Waals surface area (Å²) in [5.41, 5.74) is 0.255. The van der Waals surface area contributed by atoms with E-state index in [4.69, 9.17) is 0 Å². The number of amides is 2. The number of rotatable bonds is 6. The molecule has 0 aliphatic carbocycles. The first-order valence-electron chi connectivity index (χ1n) is 8.13. The lowest BCUT2D eigenvalue weighted by atomic mass is 10.1. The van der Waals surface area contributed by atoms with Crippen LogP contribution in [0.25, 0.3) is 0 Å². The van der Waals surface area contributed by atoms with E-state index in [0.29, 0.717) is 0 Å². The Kier molecular flexibility index (Phi) is 6.42. The monoisotopic (exact) mass is 411 g/mol. The van der Waals surface area contributed by atoms with Crippen molar-refractivity contribution in [3.63, 3.8) is 0 Å². The molecule has 29 heavy (non-hydrogen) atoms. The van der Waals surface area contributed by atoms with Crippen molar-refractivity contribution >= 4 is 23.2 Å². The van der Waals surface area contributed by atoms with E-state index < -0.39 is 28.8 Å². The Morgan fingerprint density at radius 2 is 1.79 bits per heavy atom. The number of hydrogen-bond donors (Lipinski definition) is 1. The van der Waals surface area contributed by atoms with Gasteiger partial charge in [-0.3, -0.25) is 19.7 Å². The number of nitrogens with one attached hydrogen (secondary N) is 1. The fraction of sp³-hybridized carbons (Fsp3) is 0.222. The van der Waals surface area contributed by atoms with Gasteiger partial charge < -0.3 is 15.0 Å². The second-order valence-electron chi connectivity index (χ2n) is 5.99. The average Bonchev–Trinajstić information content (AvgIpc) is 2.61. The maximum absolute atomic E-state index is 12.5. The SMILES string of the molecule is Cc1c(C(=O)N(C)CC(=O)Nc2ccc(OC(F)(F)F)cc2)cccc1[N+](=O)[O-]. The third kappa shape index (κ3) is 5.92. The van der Waals surface area contributed by atoms with Gasteiger partial charge in [0.1, 0.15) is 5.75 Å². The Hall–Kier alpha value is -3.63. The molecule has 0 saturated heterocycles. The molecule has 2 aromatic rings. The largest absolute Gasteiger partial charge is 0.573 e. The van der Waals surface area contributed by atoms with E-state index in [1.807, 2.05) is 0 Å². The predicted molar refractivity (Wildman–Crippen MR) is 96.5 cm³/mol. The molecule has 0 aliphatic rings. The molecular formula is C18H16F3N3O5. The highest BCUT2D eigenvalue weighted by Gasteiger charge is 2.31. The smallest absolute Gasteiger partial charge is 0.406 e. The van der Waals surface area contributed by atoms with Crippen molar-refractivity contribution in [3.05, 3.63) is 63.7 Å². The van der Waals surface area contributed by atoms with E-state index in [0.717, 1.165) is 17.0 Å². The normalized spacial score (nSPS) is 10.9. The van der Waals surface area contributed by atoms with Gasteiger partial charge in [-0.15, -0.1) is 13.2 Å². The fourth-order valence-corrected chi connectivity index (χ4v) is 2.49. The molecule has 0 spiro atoms. The van der Waals surface area contributed by atoms with Gasteiger partial charge in [0, 0.05) is 29.9 Å². The Labute approximate surface area is 163 Å². The lowest BCUT2D eigenvalue weighted by Crippen LogP contribution is -2.35. The molecule has 154 valence electrons. The van der Waals surface area contributed by atoms with Crippen LogP contribution in [-0.2, 0) is 4.79 Å². The average molecular weight is 411 g/mol. The van der Waals surface area contributed by atoms with Crippen LogP contribution in [0.5, 0.6) is 5.75 Å². The zero-order valence-electron chi connectivity index (χ0n) is 15.3. The van der Waals surface area contributed by atoms with Crippen molar-refractivity contribution < 1.29 is 32.4 Å². The topological polar surface area (TPSA) is 102 Å². The molecule has 0 saturated carbocycles. The third-order valence-corrected chi connectivity index (χ3v) is 3.83. The van der Waals surface area contributed by atoms with E-state index in [2.05, 4.69) is 10.1 Å². The molecule has 0 heterocycles. The number of ether oxygens (including phenoxy) is 1. The molecule has 0 bridgehead atoms. The quantitative estimate of drug-likeness (QED) is 0.579. The Balaban J connectivity index is 2.01. The Morgan fingerprint density at radius 1 is 1.17 bits per heavy atom. The van der Waals surface area contributed by atoms with Gasteiger partial charge in [0.05, 0.1) is 11.5 Å². The third-order valence-electron chi connectivity index (χ3n) is 3.83. The first-order valence-corrected chi connectivity index (χ1v) is 8.13. The molecule has 2 amide bonds. The van der Waals surface area contributed by atoms with Crippen molar-refractivity contribution in [2.45, 2.75) is 13.3 Å². The number of nitro groups is 1. The predicted octanol–water partition coefficient (Wildman–Crippen LogP) is 3.51. The summed E-state index contributed by atoms with van der Waals surface area (Å²) in [6.07, 6.45) is -4.82. The molecule has 11 heteroatoms. The van der Waals surface area contributed by atoms with Crippen molar-refractivity contribution in [3.8, 4) is 5.75 Å². The van der Waals surface area contributed by atoms with Crippen LogP contribution in [0.2, 0.25) is 0 Å². The van der Waals surface area contributed by atoms with Crippen LogP contribution < -0.4 is 10.1 Å². The van der Waals surface area contributed by atoms with Crippen molar-refractivity contribution in [2.24, 2.45) is 0 Å². The minimum atomic E-state index is -4.82. The minimum absolute atomic E-state index is 0.0863. The van der Waals surface area contributed by atoms with E-state index in [1.54, 1.807) is 0 Å². The van der Waals surface area contributed by atoms with Gasteiger partial charge >= 0.3 is 6.36 Å². The van der Waals surface area contributed by atoms with Crippen LogP contribution in [0.4, 0.5) is 24.5 Å². The number of nitro benzene ring substituents is 1. The lowest BCUT2D eigenvalue weighted by molar-refractivity contribution is -0.385. The van der Waals surface area contributed by atoms with Crippen LogP contribution in [0.1, 0.15) is 15.9 Å². The van der Waals surface area contributed by atoms with Gasteiger partial charge in [0.2, 0.25) is 5.91 Å². The molecule has 0 aliphatic heterocycles. The second kappa shape index (κ2) is 8.59. The number of carbonyl (C=O) groups is 2. The molecule has 0 unspecified atom stereocenters. The number of hydrogen-bond acceptors (Lipinski definition) is 5. The highest BCUT2D eigenvalue weighted by atomic mass is 19.4. The minimum Gasteiger partial charge on any atom is -0.406 e. The van der Waals surface area contributed by atoms with Crippen LogP contribution in [-0.4, -0.2) is 41.6 Å². The van der Waals surface area contributed by atoms with E-state index >= 15 is 0 Å². The molecule has 1 N–H and O–H groups in total. The molecule has 2 rings (SSSR count). The van der Waals surface area contributed by atoms with E-state index in [1.165, 1.54) is 44.3 Å². The van der Waals surface area contributed by atoms with Crippen LogP contribution in [0.15, 0.2) is 42.5 Å². The number of nitrogens with zero attached hydrogens (tertiary/aromatic N) is 2. The summed E-state index contributed by atoms with van der Waals surface area (Å²) < 4.78 is 40.2. The first kappa shape index (κ1) is 21.7. The number of carbonyl (C=O) groups excluding carboxylic acids is 2. The van der Waals surface area contributed by atoms with Gasteiger partial charge in [-0.2, -0.15) is 0 Å². The van der Waals surface area contributed by atoms with Gasteiger partial charge in [-0.1, -0.05) is 6.07 Å². The van der Waals surface area contributed by atoms with Gasteiger partial charge in [0.25, 0.3) is 11.6 Å². The van der Waals surface area contributed by atoms with Gasteiger partial charge in [-0.25, -0.2) is 0 Å². The van der Waals surface area contributed by atoms with E-state index in [9.17, 15) is 32.9 Å². The van der Waals surface area contributed by atoms with Crippen LogP contribution in [0.3, 0.4) is 0 Å². The van der Waals surface area contributed by atoms with Crippen molar-refractivity contribution in [1.29, 1.82) is 0 Å². The molecule has 2 aromatic carbocycles. The number of benzene rings is 2. The summed E-state index contributed by atoms with van der Waals surface area (Å²) in [6.45, 7) is 1.06. The zero-order chi connectivity index (χ0) is 21.8. The summed E-state index contributed by atoms with van der Waals surface area (Å²) in [6, 6.07) is 8.55. The maximum atomic E-state index is 12.5. The van der Waals surface area contributed by atoms with Crippen molar-refractivity contribution in [1.82, 2.24) is 4.90 Å². The maximum Gasteiger partial charge on any atom is 0.573 e. The molecule has 0 aromatic heterocycles. The lowest BCUT2D eigenvalue weighted by Gasteiger charge is -2.18. The zero-order valence-corrected chi connectivity index (χ0v) is 15.3. The summed E-state index contributed by atoms with van der Waals surface area (Å²) in [5, 5.41) is 13.4. The highest BCUT2D eigenvalue weighted by molar-refractivity contribution is 6.00. The second-order valence-corrected chi connectivity index (χ2v) is 5.99. The molecule has 0 atom stereocenters. The molecule has 8 nitrogen and oxygen atoms in total. The standard InChI is InChI=1S/C18H16F3N3O5/c1-11-14(4-3-5-15(11)24(27)28)17(26)23(2)10-16(25)22-12-6-8-13(9-7-12)29-18(19,20)21/h3-9H,10H2,1-2H3,(H,22,25). The molecular weight excluding hydrogens is 395 g/mol. The summed E-state index contributed by atoms with van der Waals surface area (Å²) in [5.74, 6) is -1.63. The summed E-state index contributed by atoms with van der Waals surface area (Å²) in [7, 11) is 1.35. The Morgan fingerprint density at radius 3 is 2.34 bits per heavy atom. The number of alkyl halides is 3. The van der Waals surface area contributed by atoms with Gasteiger partial charge in [-0.05, 0) is 37.3 Å². The first-order chi connectivity index (χ1) is 13.5. The molecule has 0 radical (unpaired) electrons. The number of halogens is 3. The number of likely N-dealkylation sites (N-methyl/N-ethyl adjacent to an activating group) is 1. The van der Waals surface area contributed by atoms with Crippen LogP contribution in [0, 0.1) is 17.0 Å². The van der Waals surface area contributed by atoms with Crippen LogP contribution >= 0.6 is 0 Å². The Bertz CT molecular complexity index is 929. The fourth-order valence-electron chi connectivity index (χ4n) is 2.49.